The number of carbonyl (C=O) groups excluding carboxylic acids is 4. The summed E-state index contributed by atoms with van der Waals surface area (Å²) in [5.74, 6) is -1.09. The lowest BCUT2D eigenvalue weighted by molar-refractivity contribution is 0.102. The zero-order chi connectivity index (χ0) is 52.3. The molecule has 9 rings (SSSR count). The van der Waals surface area contributed by atoms with Crippen LogP contribution >= 0.6 is 0 Å². The van der Waals surface area contributed by atoms with Gasteiger partial charge in [-0.25, -0.2) is 0 Å². The summed E-state index contributed by atoms with van der Waals surface area (Å²) in [6, 6.07) is 56.1. The number of ketones is 4. The molecular formula is C60H42O12S2. The Balaban J connectivity index is 0.822. The van der Waals surface area contributed by atoms with Gasteiger partial charge in [-0.05, 0) is 94.9 Å². The lowest BCUT2D eigenvalue weighted by atomic mass is 9.95. The third-order valence-electron chi connectivity index (χ3n) is 12.3. The minimum absolute atomic E-state index is 0.0570. The Bertz CT molecular complexity index is 3870. The first-order valence-electron chi connectivity index (χ1n) is 22.8. The van der Waals surface area contributed by atoms with Gasteiger partial charge in [-0.15, -0.1) is 0 Å². The van der Waals surface area contributed by atoms with Crippen LogP contribution in [-0.2, 0) is 20.2 Å². The number of rotatable bonds is 16. The van der Waals surface area contributed by atoms with Crippen molar-refractivity contribution in [3.8, 4) is 50.6 Å². The van der Waals surface area contributed by atoms with E-state index in [0.29, 0.717) is 44.5 Å². The molecule has 0 fully saturated rings. The van der Waals surface area contributed by atoms with E-state index >= 15 is 0 Å². The first-order valence-corrected chi connectivity index (χ1v) is 25.6. The Morgan fingerprint density at radius 2 is 0.649 bits per heavy atom. The fourth-order valence-electron chi connectivity index (χ4n) is 8.26. The second-order valence-corrected chi connectivity index (χ2v) is 20.0. The molecular weight excluding hydrogens is 977 g/mol. The summed E-state index contributed by atoms with van der Waals surface area (Å²) >= 11 is 0. The second kappa shape index (κ2) is 20.7. The fraction of sp³-hybridized carbons (Fsp3) is 0.0333. The van der Waals surface area contributed by atoms with Crippen LogP contribution in [0, 0.1) is 6.92 Å². The average Bonchev–Trinajstić information content (AvgIpc) is 3.42. The molecule has 0 aliphatic heterocycles. The van der Waals surface area contributed by atoms with Crippen LogP contribution in [0.1, 0.15) is 69.2 Å². The molecule has 0 aliphatic carbocycles. The summed E-state index contributed by atoms with van der Waals surface area (Å²) in [6.07, 6.45) is 0. The molecule has 0 saturated carbocycles. The van der Waals surface area contributed by atoms with Crippen molar-refractivity contribution in [2.45, 2.75) is 16.7 Å². The van der Waals surface area contributed by atoms with Gasteiger partial charge in [0.2, 0.25) is 0 Å². The Morgan fingerprint density at radius 3 is 1.00 bits per heavy atom. The Kier molecular flexibility index (Phi) is 14.0. The number of aryl methyl sites for hydroxylation is 1. The summed E-state index contributed by atoms with van der Waals surface area (Å²) in [5, 5.41) is 0. The van der Waals surface area contributed by atoms with Gasteiger partial charge >= 0.3 is 0 Å². The highest BCUT2D eigenvalue weighted by Gasteiger charge is 2.23. The molecule has 0 spiro atoms. The molecule has 9 aromatic carbocycles. The van der Waals surface area contributed by atoms with E-state index in [4.69, 9.17) is 9.47 Å². The number of benzene rings is 9. The van der Waals surface area contributed by atoms with Crippen LogP contribution in [0.15, 0.2) is 216 Å². The molecule has 0 radical (unpaired) electrons. The van der Waals surface area contributed by atoms with Gasteiger partial charge < -0.3 is 9.47 Å². The van der Waals surface area contributed by atoms with E-state index < -0.39 is 30.0 Å². The molecule has 2 N–H and O–H groups in total. The van der Waals surface area contributed by atoms with Gasteiger partial charge in [-0.1, -0.05) is 157 Å². The van der Waals surface area contributed by atoms with Crippen molar-refractivity contribution in [2.75, 3.05) is 7.11 Å². The second-order valence-electron chi connectivity index (χ2n) is 17.2. The maximum absolute atomic E-state index is 13.7. The number of carbonyl (C=O) groups is 4. The molecule has 0 atom stereocenters. The van der Waals surface area contributed by atoms with Gasteiger partial charge in [0, 0.05) is 44.5 Å². The predicted molar refractivity (Wildman–Crippen MR) is 280 cm³/mol. The summed E-state index contributed by atoms with van der Waals surface area (Å²) < 4.78 is 79.4. The molecule has 0 aliphatic rings. The molecule has 0 bridgehead atoms. The fourth-order valence-corrected chi connectivity index (χ4v) is 9.58. The van der Waals surface area contributed by atoms with Crippen LogP contribution in [0.5, 0.6) is 17.2 Å². The Hall–Kier alpha value is -8.92. The van der Waals surface area contributed by atoms with Gasteiger partial charge in [-0.2, -0.15) is 16.8 Å². The van der Waals surface area contributed by atoms with Crippen LogP contribution in [0.2, 0.25) is 0 Å². The first-order chi connectivity index (χ1) is 35.4. The lowest BCUT2D eigenvalue weighted by Gasteiger charge is -2.13. The quantitative estimate of drug-likeness (QED) is 0.0687. The van der Waals surface area contributed by atoms with Gasteiger partial charge in [0.25, 0.3) is 20.2 Å². The molecule has 0 heterocycles. The van der Waals surface area contributed by atoms with Crippen molar-refractivity contribution in [3.63, 3.8) is 0 Å². The van der Waals surface area contributed by atoms with Crippen molar-refractivity contribution in [3.05, 3.63) is 256 Å². The molecule has 0 aromatic heterocycles. The van der Waals surface area contributed by atoms with Crippen LogP contribution in [0.25, 0.3) is 33.4 Å². The monoisotopic (exact) mass is 1020 g/mol. The summed E-state index contributed by atoms with van der Waals surface area (Å²) in [4.78, 5) is 52.6. The molecule has 0 unspecified atom stereocenters. The maximum Gasteiger partial charge on any atom is 0.298 e. The molecule has 366 valence electrons. The number of methoxy groups -OCH3 is 1. The smallest absolute Gasteiger partial charge is 0.298 e. The van der Waals surface area contributed by atoms with Crippen LogP contribution in [0.3, 0.4) is 0 Å². The summed E-state index contributed by atoms with van der Waals surface area (Å²) in [7, 11) is -8.34. The minimum atomic E-state index is -4.86. The maximum atomic E-state index is 13.7. The number of ether oxygens (including phenoxy) is 2. The Labute approximate surface area is 426 Å². The molecule has 14 heteroatoms. The zero-order valence-electron chi connectivity index (χ0n) is 39.4. The predicted octanol–water partition coefficient (Wildman–Crippen LogP) is 12.2. The SMILES string of the molecule is COc1ccc(-c2ccc(Oc3ccc(C(=O)c4ccc(-c5ccc(C(=O)c6cccc(C(=O)c7ccc(-c8ccc(C(=O)c9ccc(C)cc9)cc8)cc7)c6)cc5)cc4)cc3)c(S(=O)(=O)O)c2)cc1S(=O)(=O)O. The highest BCUT2D eigenvalue weighted by Crippen LogP contribution is 2.36. The normalized spacial score (nSPS) is 11.4. The largest absolute Gasteiger partial charge is 0.495 e. The first kappa shape index (κ1) is 50.0. The van der Waals surface area contributed by atoms with E-state index in [0.717, 1.165) is 39.9 Å². The van der Waals surface area contributed by atoms with Crippen molar-refractivity contribution in [1.82, 2.24) is 0 Å². The molecule has 9 aromatic rings. The van der Waals surface area contributed by atoms with Gasteiger partial charge in [0.1, 0.15) is 27.0 Å². The topological polar surface area (TPSA) is 195 Å². The lowest BCUT2D eigenvalue weighted by Crippen LogP contribution is -2.06. The van der Waals surface area contributed by atoms with E-state index in [2.05, 4.69) is 0 Å². The zero-order valence-corrected chi connectivity index (χ0v) is 41.1. The van der Waals surface area contributed by atoms with E-state index in [9.17, 15) is 45.1 Å². The van der Waals surface area contributed by atoms with E-state index in [-0.39, 0.29) is 51.5 Å². The van der Waals surface area contributed by atoms with Crippen LogP contribution in [0.4, 0.5) is 0 Å². The highest BCUT2D eigenvalue weighted by molar-refractivity contribution is 7.86. The third-order valence-corrected chi connectivity index (χ3v) is 14.0. The highest BCUT2D eigenvalue weighted by atomic mass is 32.2. The standard InChI is InChI=1S/C60H42O12S2/c1-37-6-8-42(9-7-37)57(61)43-18-10-38(11-19-43)40-14-22-45(23-15-40)59(63)50-4-3-5-51(34-50)60(64)46-24-16-41(17-25-46)39-12-20-44(21-13-39)58(62)47-26-30-52(31-27-47)72-54-33-29-49(36-56(54)74(68,69)70)48-28-32-53(71-2)55(35-48)73(65,66)67/h3-36H,1-2H3,(H,65,66,67)(H,68,69,70). The van der Waals surface area contributed by atoms with E-state index in [1.165, 1.54) is 55.6 Å². The molecule has 0 saturated heterocycles. The van der Waals surface area contributed by atoms with Gasteiger partial charge in [0.15, 0.2) is 23.1 Å². The van der Waals surface area contributed by atoms with E-state index in [1.54, 1.807) is 97.1 Å². The van der Waals surface area contributed by atoms with E-state index in [1.807, 2.05) is 55.5 Å². The minimum Gasteiger partial charge on any atom is -0.495 e. The van der Waals surface area contributed by atoms with Crippen molar-refractivity contribution in [1.29, 1.82) is 0 Å². The molecule has 12 nitrogen and oxygen atoms in total. The van der Waals surface area contributed by atoms with Gasteiger partial charge in [-0.3, -0.25) is 28.3 Å². The van der Waals surface area contributed by atoms with Crippen molar-refractivity contribution >= 4 is 43.4 Å². The number of hydrogen-bond donors (Lipinski definition) is 2. The molecule has 74 heavy (non-hydrogen) atoms. The third kappa shape index (κ3) is 10.9. The summed E-state index contributed by atoms with van der Waals surface area (Å²) in [6.45, 7) is 1.97. The van der Waals surface area contributed by atoms with Crippen molar-refractivity contribution < 1.29 is 54.6 Å². The summed E-state index contributed by atoms with van der Waals surface area (Å²) in [5.41, 5.74) is 8.32. The van der Waals surface area contributed by atoms with Crippen LogP contribution in [-0.4, -0.2) is 56.2 Å². The molecule has 0 amide bonds. The van der Waals surface area contributed by atoms with Gasteiger partial charge in [0.05, 0.1) is 7.11 Å². The number of hydrogen-bond acceptors (Lipinski definition) is 10. The Morgan fingerprint density at radius 1 is 0.351 bits per heavy atom. The average molecular weight is 1020 g/mol. The van der Waals surface area contributed by atoms with Crippen LogP contribution < -0.4 is 9.47 Å². The van der Waals surface area contributed by atoms with Crippen molar-refractivity contribution in [2.24, 2.45) is 0 Å².